The maximum Gasteiger partial charge on any atom is 0.335 e. The summed E-state index contributed by atoms with van der Waals surface area (Å²) < 4.78 is 0. The molecular formula is C15H22N2O3. The summed E-state index contributed by atoms with van der Waals surface area (Å²) in [6.45, 7) is 8.24. The maximum atomic E-state index is 12.4. The fourth-order valence-electron chi connectivity index (χ4n) is 1.91. The lowest BCUT2D eigenvalue weighted by Crippen LogP contribution is -2.37. The number of carboxylic acid groups (broad SMARTS) is 1. The molecule has 20 heavy (non-hydrogen) atoms. The van der Waals surface area contributed by atoms with Gasteiger partial charge in [-0.2, -0.15) is 0 Å². The highest BCUT2D eigenvalue weighted by molar-refractivity contribution is 5.99. The van der Waals surface area contributed by atoms with Crippen molar-refractivity contribution < 1.29 is 14.7 Å². The van der Waals surface area contributed by atoms with Crippen molar-refractivity contribution in [2.24, 2.45) is 11.8 Å². The lowest BCUT2D eigenvalue weighted by molar-refractivity contribution is -0.123. The van der Waals surface area contributed by atoms with Gasteiger partial charge in [0.05, 0.1) is 16.9 Å². The molecule has 0 saturated carbocycles. The number of hydrogen-bond acceptors (Lipinski definition) is 3. The number of nitrogen functional groups attached to an aromatic ring is 1. The van der Waals surface area contributed by atoms with E-state index in [-0.39, 0.29) is 23.3 Å². The Balaban J connectivity index is 3.13. The second kappa shape index (κ2) is 6.41. The minimum atomic E-state index is -1.03. The number of amides is 1. The van der Waals surface area contributed by atoms with Crippen LogP contribution in [0.3, 0.4) is 0 Å². The summed E-state index contributed by atoms with van der Waals surface area (Å²) in [5.41, 5.74) is 6.88. The third kappa shape index (κ3) is 3.29. The Hall–Kier alpha value is -2.04. The third-order valence-electron chi connectivity index (χ3n) is 3.54. The highest BCUT2D eigenvalue weighted by atomic mass is 16.4. The second-order valence-corrected chi connectivity index (χ2v) is 5.19. The van der Waals surface area contributed by atoms with Gasteiger partial charge >= 0.3 is 5.97 Å². The van der Waals surface area contributed by atoms with Crippen molar-refractivity contribution in [1.29, 1.82) is 0 Å². The minimum absolute atomic E-state index is 0.00252. The molecule has 0 bridgehead atoms. The number of nitrogens with two attached hydrogens (primary N) is 1. The van der Waals surface area contributed by atoms with Crippen LogP contribution in [0.2, 0.25) is 0 Å². The summed E-state index contributed by atoms with van der Waals surface area (Å²) in [5, 5.41) is 8.93. The Kier molecular flexibility index (Phi) is 5.13. The molecule has 0 fully saturated rings. The molecule has 5 heteroatoms. The second-order valence-electron chi connectivity index (χ2n) is 5.19. The molecule has 110 valence electrons. The molecule has 1 atom stereocenters. The van der Waals surface area contributed by atoms with Crippen molar-refractivity contribution in [3.63, 3.8) is 0 Å². The van der Waals surface area contributed by atoms with E-state index in [1.165, 1.54) is 12.1 Å². The Morgan fingerprint density at radius 2 is 1.90 bits per heavy atom. The molecule has 1 aromatic carbocycles. The molecule has 5 nitrogen and oxygen atoms in total. The molecule has 1 amide bonds. The normalized spacial score (nSPS) is 12.2. The van der Waals surface area contributed by atoms with Gasteiger partial charge in [0.2, 0.25) is 5.91 Å². The highest BCUT2D eigenvalue weighted by Crippen LogP contribution is 2.27. The van der Waals surface area contributed by atoms with Crippen LogP contribution in [0, 0.1) is 11.8 Å². The first kappa shape index (κ1) is 16.0. The van der Waals surface area contributed by atoms with E-state index in [0.29, 0.717) is 17.9 Å². The summed E-state index contributed by atoms with van der Waals surface area (Å²) in [7, 11) is 0. The van der Waals surface area contributed by atoms with Crippen LogP contribution in [0.15, 0.2) is 18.2 Å². The van der Waals surface area contributed by atoms with E-state index in [0.717, 1.165) is 0 Å². The summed E-state index contributed by atoms with van der Waals surface area (Å²) >= 11 is 0. The lowest BCUT2D eigenvalue weighted by atomic mass is 9.96. The van der Waals surface area contributed by atoms with Gasteiger partial charge < -0.3 is 15.7 Å². The zero-order chi connectivity index (χ0) is 15.4. The lowest BCUT2D eigenvalue weighted by Gasteiger charge is -2.27. The van der Waals surface area contributed by atoms with E-state index in [1.54, 1.807) is 11.0 Å². The van der Waals surface area contributed by atoms with E-state index in [9.17, 15) is 9.59 Å². The largest absolute Gasteiger partial charge is 0.478 e. The van der Waals surface area contributed by atoms with Crippen LogP contribution < -0.4 is 10.6 Å². The zero-order valence-electron chi connectivity index (χ0n) is 12.4. The number of nitrogens with zero attached hydrogens (tertiary/aromatic N) is 1. The SMILES string of the molecule is CCN(C(=O)C(C)C(C)C)c1ccc(C(=O)O)cc1N. The Labute approximate surface area is 119 Å². The van der Waals surface area contributed by atoms with E-state index < -0.39 is 5.97 Å². The van der Waals surface area contributed by atoms with Gasteiger partial charge in [-0.1, -0.05) is 20.8 Å². The van der Waals surface area contributed by atoms with E-state index >= 15 is 0 Å². The number of carbonyl (C=O) groups excluding carboxylic acids is 1. The van der Waals surface area contributed by atoms with E-state index in [1.807, 2.05) is 27.7 Å². The summed E-state index contributed by atoms with van der Waals surface area (Å²) in [6.07, 6.45) is 0. The van der Waals surface area contributed by atoms with Gasteiger partial charge in [-0.15, -0.1) is 0 Å². The highest BCUT2D eigenvalue weighted by Gasteiger charge is 2.24. The molecule has 1 unspecified atom stereocenters. The molecule has 0 saturated heterocycles. The minimum Gasteiger partial charge on any atom is -0.478 e. The number of carbonyl (C=O) groups is 2. The van der Waals surface area contributed by atoms with Crippen LogP contribution in [-0.4, -0.2) is 23.5 Å². The van der Waals surface area contributed by atoms with E-state index in [2.05, 4.69) is 0 Å². The van der Waals surface area contributed by atoms with Crippen molar-refractivity contribution in [2.75, 3.05) is 17.2 Å². The quantitative estimate of drug-likeness (QED) is 0.811. The Morgan fingerprint density at radius 3 is 2.30 bits per heavy atom. The molecule has 0 aliphatic carbocycles. The van der Waals surface area contributed by atoms with Crippen molar-refractivity contribution >= 4 is 23.3 Å². The molecule has 1 aromatic rings. The molecule has 0 radical (unpaired) electrons. The molecule has 1 rings (SSSR count). The standard InChI is InChI=1S/C15H22N2O3/c1-5-17(14(18)10(4)9(2)3)13-7-6-11(15(19)20)8-12(13)16/h6-10H,5,16H2,1-4H3,(H,19,20). The number of benzene rings is 1. The first-order valence-electron chi connectivity index (χ1n) is 6.73. The smallest absolute Gasteiger partial charge is 0.335 e. The number of rotatable bonds is 5. The molecular weight excluding hydrogens is 256 g/mol. The molecule has 3 N–H and O–H groups in total. The van der Waals surface area contributed by atoms with Crippen LogP contribution in [0.1, 0.15) is 38.1 Å². The maximum absolute atomic E-state index is 12.4. The zero-order valence-corrected chi connectivity index (χ0v) is 12.4. The van der Waals surface area contributed by atoms with Gasteiger partial charge in [0, 0.05) is 12.5 Å². The molecule has 0 aromatic heterocycles. The van der Waals surface area contributed by atoms with Crippen LogP contribution in [0.5, 0.6) is 0 Å². The molecule has 0 heterocycles. The van der Waals surface area contributed by atoms with Gasteiger partial charge in [0.15, 0.2) is 0 Å². The fourth-order valence-corrected chi connectivity index (χ4v) is 1.91. The molecule has 0 aliphatic rings. The number of hydrogen-bond donors (Lipinski definition) is 2. The molecule has 0 aliphatic heterocycles. The van der Waals surface area contributed by atoms with Gasteiger partial charge in [-0.25, -0.2) is 4.79 Å². The van der Waals surface area contributed by atoms with Crippen molar-refractivity contribution in [3.05, 3.63) is 23.8 Å². The van der Waals surface area contributed by atoms with Crippen molar-refractivity contribution in [2.45, 2.75) is 27.7 Å². The van der Waals surface area contributed by atoms with Gasteiger partial charge in [0.1, 0.15) is 0 Å². The third-order valence-corrected chi connectivity index (χ3v) is 3.54. The van der Waals surface area contributed by atoms with Gasteiger partial charge in [-0.05, 0) is 31.0 Å². The van der Waals surface area contributed by atoms with Crippen LogP contribution in [0.4, 0.5) is 11.4 Å². The predicted molar refractivity (Wildman–Crippen MR) is 79.8 cm³/mol. The van der Waals surface area contributed by atoms with Crippen molar-refractivity contribution in [3.8, 4) is 0 Å². The van der Waals surface area contributed by atoms with Crippen LogP contribution in [0.25, 0.3) is 0 Å². The summed E-state index contributed by atoms with van der Waals surface area (Å²) in [4.78, 5) is 24.9. The van der Waals surface area contributed by atoms with Gasteiger partial charge in [0.25, 0.3) is 0 Å². The predicted octanol–water partition coefficient (Wildman–Crippen LogP) is 2.61. The number of carboxylic acids is 1. The van der Waals surface area contributed by atoms with Crippen LogP contribution >= 0.6 is 0 Å². The topological polar surface area (TPSA) is 83.6 Å². The van der Waals surface area contributed by atoms with Crippen molar-refractivity contribution in [1.82, 2.24) is 0 Å². The number of anilines is 2. The van der Waals surface area contributed by atoms with Crippen LogP contribution in [-0.2, 0) is 4.79 Å². The average molecular weight is 278 g/mol. The van der Waals surface area contributed by atoms with Gasteiger partial charge in [-0.3, -0.25) is 4.79 Å². The monoisotopic (exact) mass is 278 g/mol. The van der Waals surface area contributed by atoms with E-state index in [4.69, 9.17) is 10.8 Å². The fraction of sp³-hybridized carbons (Fsp3) is 0.467. The summed E-state index contributed by atoms with van der Waals surface area (Å²) in [6, 6.07) is 4.44. The first-order valence-corrected chi connectivity index (χ1v) is 6.73. The Morgan fingerprint density at radius 1 is 1.30 bits per heavy atom. The molecule has 0 spiro atoms. The number of aromatic carboxylic acids is 1. The summed E-state index contributed by atoms with van der Waals surface area (Å²) in [5.74, 6) is -0.921. The average Bonchev–Trinajstić information content (AvgIpc) is 2.39. The first-order chi connectivity index (χ1) is 9.29. The Bertz CT molecular complexity index is 512.